The Labute approximate surface area is 145 Å². The molecule has 2 heterocycles. The average Bonchev–Trinajstić information content (AvgIpc) is 3.16. The maximum Gasteiger partial charge on any atom is 0.315 e. The molecule has 3 rings (SSSR count). The van der Waals surface area contributed by atoms with Crippen molar-refractivity contribution < 1.29 is 9.21 Å². The van der Waals surface area contributed by atoms with Crippen LogP contribution >= 0.6 is 11.3 Å². The van der Waals surface area contributed by atoms with Crippen LogP contribution in [0.15, 0.2) is 40.8 Å². The minimum absolute atomic E-state index is 0.0576. The number of carbonyl (C=O) groups is 1. The summed E-state index contributed by atoms with van der Waals surface area (Å²) in [6, 6.07) is 11.6. The lowest BCUT2D eigenvalue weighted by Crippen LogP contribution is -2.39. The number of nitrogens with zero attached hydrogens (tertiary/aromatic N) is 1. The fourth-order valence-electron chi connectivity index (χ4n) is 2.14. The Balaban J connectivity index is 1.60. The van der Waals surface area contributed by atoms with Crippen LogP contribution in [0.4, 0.5) is 4.79 Å². The van der Waals surface area contributed by atoms with Gasteiger partial charge in [-0.3, -0.25) is 0 Å². The van der Waals surface area contributed by atoms with E-state index >= 15 is 0 Å². The summed E-state index contributed by atoms with van der Waals surface area (Å²) < 4.78 is 6.93. The topological polar surface area (TPSA) is 67.2 Å². The lowest BCUT2D eigenvalue weighted by Gasteiger charge is -2.18. The molecular weight excluding hydrogens is 322 g/mol. The van der Waals surface area contributed by atoms with E-state index in [0.29, 0.717) is 18.8 Å². The van der Waals surface area contributed by atoms with Crippen LogP contribution in [0.3, 0.4) is 0 Å². The quantitative estimate of drug-likeness (QED) is 0.738. The van der Waals surface area contributed by atoms with Crippen molar-refractivity contribution in [1.82, 2.24) is 15.6 Å². The van der Waals surface area contributed by atoms with Gasteiger partial charge in [-0.05, 0) is 29.7 Å². The van der Waals surface area contributed by atoms with Gasteiger partial charge in [-0.15, -0.1) is 11.3 Å². The zero-order valence-corrected chi connectivity index (χ0v) is 14.9. The average molecular weight is 343 g/mol. The number of amides is 2. The van der Waals surface area contributed by atoms with Gasteiger partial charge >= 0.3 is 6.03 Å². The molecule has 0 aliphatic carbocycles. The van der Waals surface area contributed by atoms with Crippen molar-refractivity contribution in [3.63, 3.8) is 0 Å². The Kier molecular flexibility index (Phi) is 4.57. The first-order valence-electron chi connectivity index (χ1n) is 7.87. The fraction of sp³-hybridized carbons (Fsp3) is 0.333. The van der Waals surface area contributed by atoms with Gasteiger partial charge in [0.1, 0.15) is 5.76 Å². The van der Waals surface area contributed by atoms with Gasteiger partial charge in [0.2, 0.25) is 0 Å². The molecule has 0 aliphatic rings. The number of aromatic nitrogens is 1. The number of hydrogen-bond donors (Lipinski definition) is 2. The van der Waals surface area contributed by atoms with Crippen molar-refractivity contribution in [2.45, 2.75) is 27.3 Å². The van der Waals surface area contributed by atoms with E-state index in [0.717, 1.165) is 21.0 Å². The monoisotopic (exact) mass is 343 g/mol. The molecule has 0 saturated heterocycles. The number of para-hydroxylation sites is 1. The van der Waals surface area contributed by atoms with Gasteiger partial charge in [-0.25, -0.2) is 9.78 Å². The molecular formula is C18H21N3O2S. The van der Waals surface area contributed by atoms with Crippen LogP contribution in [-0.2, 0) is 6.54 Å². The van der Waals surface area contributed by atoms with Crippen LogP contribution in [-0.4, -0.2) is 17.6 Å². The van der Waals surface area contributed by atoms with E-state index in [1.807, 2.05) is 36.4 Å². The van der Waals surface area contributed by atoms with Crippen LogP contribution in [0.25, 0.3) is 21.0 Å². The molecule has 0 unspecified atom stereocenters. The maximum atomic E-state index is 11.8. The molecule has 3 aromatic rings. The lowest BCUT2D eigenvalue weighted by molar-refractivity contribution is 0.234. The van der Waals surface area contributed by atoms with Crippen molar-refractivity contribution in [2.75, 3.05) is 6.54 Å². The number of urea groups is 1. The minimum atomic E-state index is -0.192. The second-order valence-electron chi connectivity index (χ2n) is 6.85. The second kappa shape index (κ2) is 6.65. The van der Waals surface area contributed by atoms with Gasteiger partial charge in [0.25, 0.3) is 0 Å². The highest BCUT2D eigenvalue weighted by Crippen LogP contribution is 2.31. The first-order chi connectivity index (χ1) is 11.4. The molecule has 6 heteroatoms. The molecule has 0 fully saturated rings. The largest absolute Gasteiger partial charge is 0.457 e. The van der Waals surface area contributed by atoms with E-state index in [9.17, 15) is 4.79 Å². The Morgan fingerprint density at radius 1 is 1.17 bits per heavy atom. The summed E-state index contributed by atoms with van der Waals surface area (Å²) in [4.78, 5) is 16.4. The number of benzene rings is 1. The SMILES string of the molecule is CC(C)(C)CNC(=O)NCc1ccc(-c2nc3ccccc3s2)o1. The first kappa shape index (κ1) is 16.5. The zero-order chi connectivity index (χ0) is 17.2. The van der Waals surface area contributed by atoms with E-state index in [1.54, 1.807) is 11.3 Å². The minimum Gasteiger partial charge on any atom is -0.457 e. The van der Waals surface area contributed by atoms with Crippen molar-refractivity contribution in [3.8, 4) is 10.8 Å². The molecule has 0 bridgehead atoms. The smallest absolute Gasteiger partial charge is 0.315 e. The molecule has 0 atom stereocenters. The first-order valence-corrected chi connectivity index (χ1v) is 8.69. The van der Waals surface area contributed by atoms with Crippen LogP contribution < -0.4 is 10.6 Å². The van der Waals surface area contributed by atoms with Gasteiger partial charge in [0, 0.05) is 6.54 Å². The van der Waals surface area contributed by atoms with Gasteiger partial charge in [-0.2, -0.15) is 0 Å². The van der Waals surface area contributed by atoms with E-state index in [4.69, 9.17) is 4.42 Å². The Morgan fingerprint density at radius 3 is 2.71 bits per heavy atom. The summed E-state index contributed by atoms with van der Waals surface area (Å²) >= 11 is 1.59. The number of furan rings is 1. The van der Waals surface area contributed by atoms with E-state index in [1.165, 1.54) is 0 Å². The number of fused-ring (bicyclic) bond motifs is 1. The predicted octanol–water partition coefficient (Wildman–Crippen LogP) is 4.40. The molecule has 0 spiro atoms. The summed E-state index contributed by atoms with van der Waals surface area (Å²) in [5.74, 6) is 1.43. The van der Waals surface area contributed by atoms with Crippen LogP contribution in [0.2, 0.25) is 0 Å². The predicted molar refractivity (Wildman–Crippen MR) is 97.0 cm³/mol. The summed E-state index contributed by atoms with van der Waals surface area (Å²) in [6.45, 7) is 7.19. The summed E-state index contributed by atoms with van der Waals surface area (Å²) in [7, 11) is 0. The standard InChI is InChI=1S/C18H21N3O2S/c1-18(2,3)11-20-17(22)19-10-12-8-9-14(23-12)16-21-13-6-4-5-7-15(13)24-16/h4-9H,10-11H2,1-3H3,(H2,19,20,22). The van der Waals surface area contributed by atoms with Crippen molar-refractivity contribution in [3.05, 3.63) is 42.2 Å². The highest BCUT2D eigenvalue weighted by Gasteiger charge is 2.13. The van der Waals surface area contributed by atoms with Gasteiger partial charge in [0.15, 0.2) is 10.8 Å². The molecule has 2 amide bonds. The molecule has 2 aromatic heterocycles. The van der Waals surface area contributed by atoms with Gasteiger partial charge in [-0.1, -0.05) is 32.9 Å². The molecule has 24 heavy (non-hydrogen) atoms. The summed E-state index contributed by atoms with van der Waals surface area (Å²) in [5.41, 5.74) is 1.03. The number of rotatable bonds is 4. The van der Waals surface area contributed by atoms with E-state index in [-0.39, 0.29) is 11.4 Å². The molecule has 5 nitrogen and oxygen atoms in total. The third kappa shape index (κ3) is 4.14. The molecule has 126 valence electrons. The van der Waals surface area contributed by atoms with Gasteiger partial charge < -0.3 is 15.1 Å². The van der Waals surface area contributed by atoms with Gasteiger partial charge in [0.05, 0.1) is 16.8 Å². The molecule has 2 N–H and O–H groups in total. The van der Waals surface area contributed by atoms with Crippen molar-refractivity contribution >= 4 is 27.6 Å². The van der Waals surface area contributed by atoms with Crippen LogP contribution in [0.5, 0.6) is 0 Å². The van der Waals surface area contributed by atoms with Crippen LogP contribution in [0.1, 0.15) is 26.5 Å². The molecule has 0 radical (unpaired) electrons. The molecule has 0 aliphatic heterocycles. The highest BCUT2D eigenvalue weighted by atomic mass is 32.1. The number of carbonyl (C=O) groups excluding carboxylic acids is 1. The highest BCUT2D eigenvalue weighted by molar-refractivity contribution is 7.21. The summed E-state index contributed by atoms with van der Waals surface area (Å²) in [6.07, 6.45) is 0. The second-order valence-corrected chi connectivity index (χ2v) is 7.88. The number of thiazole rings is 1. The Morgan fingerprint density at radius 2 is 1.96 bits per heavy atom. The number of hydrogen-bond acceptors (Lipinski definition) is 4. The number of nitrogens with one attached hydrogen (secondary N) is 2. The Bertz CT molecular complexity index is 812. The molecule has 1 aromatic carbocycles. The van der Waals surface area contributed by atoms with Crippen molar-refractivity contribution in [2.24, 2.45) is 5.41 Å². The van der Waals surface area contributed by atoms with E-state index in [2.05, 4.69) is 36.4 Å². The zero-order valence-electron chi connectivity index (χ0n) is 14.1. The normalized spacial score (nSPS) is 11.6. The van der Waals surface area contributed by atoms with Crippen LogP contribution in [0, 0.1) is 5.41 Å². The third-order valence-corrected chi connectivity index (χ3v) is 4.42. The third-order valence-electron chi connectivity index (χ3n) is 3.37. The van der Waals surface area contributed by atoms with E-state index < -0.39 is 0 Å². The van der Waals surface area contributed by atoms with Crippen molar-refractivity contribution in [1.29, 1.82) is 0 Å². The maximum absolute atomic E-state index is 11.8. The lowest BCUT2D eigenvalue weighted by atomic mass is 9.97. The Hall–Kier alpha value is -2.34. The fourth-order valence-corrected chi connectivity index (χ4v) is 3.07. The summed E-state index contributed by atoms with van der Waals surface area (Å²) in [5, 5.41) is 6.50. The molecule has 0 saturated carbocycles.